The third-order valence-corrected chi connectivity index (χ3v) is 5.41. The zero-order valence-corrected chi connectivity index (χ0v) is 16.1. The topological polar surface area (TPSA) is 73.2 Å². The molecule has 1 amide bonds. The molecule has 1 aliphatic rings. The molecule has 1 aliphatic carbocycles. The summed E-state index contributed by atoms with van der Waals surface area (Å²) in [6.45, 7) is 1.14. The summed E-state index contributed by atoms with van der Waals surface area (Å²) in [6.07, 6.45) is 7.96. The van der Waals surface area contributed by atoms with Crippen molar-refractivity contribution in [3.05, 3.63) is 40.3 Å². The molecule has 2 aromatic rings. The van der Waals surface area contributed by atoms with Crippen molar-refractivity contribution < 1.29 is 9.53 Å². The molecule has 0 unspecified atom stereocenters. The fraction of sp³-hybridized carbons (Fsp3) is 0.571. The summed E-state index contributed by atoms with van der Waals surface area (Å²) in [5.41, 5.74) is 0.586. The maximum Gasteiger partial charge on any atom is 0.274 e. The number of nitrogens with zero attached hydrogens (tertiary/aromatic N) is 2. The fourth-order valence-corrected chi connectivity index (χ4v) is 3.85. The van der Waals surface area contributed by atoms with Crippen molar-refractivity contribution in [3.63, 3.8) is 0 Å². The molecular formula is C21H29N3O3. The number of benzene rings is 1. The lowest BCUT2D eigenvalue weighted by molar-refractivity contribution is -0.121. The standard InChI is InChI=1S/C21H29N3O3/c1-27-14-13-24-21(26)18-10-6-5-9-17(18)19(23-24)15-22-20(25)12-11-16-7-3-2-4-8-16/h5-6,9-10,16H,2-4,7-8,11-15H2,1H3,(H,22,25). The highest BCUT2D eigenvalue weighted by Gasteiger charge is 2.15. The molecule has 1 heterocycles. The molecular weight excluding hydrogens is 342 g/mol. The number of amides is 1. The number of ether oxygens (including phenoxy) is 1. The van der Waals surface area contributed by atoms with Gasteiger partial charge >= 0.3 is 0 Å². The molecule has 1 aromatic carbocycles. The summed E-state index contributed by atoms with van der Waals surface area (Å²) in [5, 5.41) is 8.87. The average molecular weight is 371 g/mol. The zero-order chi connectivity index (χ0) is 19.1. The molecule has 1 saturated carbocycles. The molecule has 27 heavy (non-hydrogen) atoms. The molecule has 1 fully saturated rings. The van der Waals surface area contributed by atoms with E-state index in [-0.39, 0.29) is 11.5 Å². The second-order valence-electron chi connectivity index (χ2n) is 7.33. The molecule has 6 heteroatoms. The van der Waals surface area contributed by atoms with Crippen LogP contribution in [0, 0.1) is 5.92 Å². The Hall–Kier alpha value is -2.21. The highest BCUT2D eigenvalue weighted by molar-refractivity contribution is 5.84. The van der Waals surface area contributed by atoms with Gasteiger partial charge in [-0.15, -0.1) is 0 Å². The van der Waals surface area contributed by atoms with Crippen LogP contribution >= 0.6 is 0 Å². The molecule has 0 saturated heterocycles. The third-order valence-electron chi connectivity index (χ3n) is 5.41. The lowest BCUT2D eigenvalue weighted by atomic mass is 9.86. The number of hydrogen-bond acceptors (Lipinski definition) is 4. The van der Waals surface area contributed by atoms with Gasteiger partial charge in [-0.2, -0.15) is 5.10 Å². The number of carbonyl (C=O) groups is 1. The summed E-state index contributed by atoms with van der Waals surface area (Å²) < 4.78 is 6.50. The fourth-order valence-electron chi connectivity index (χ4n) is 3.85. The predicted octanol–water partition coefficient (Wildman–Crippen LogP) is 3.02. The second kappa shape index (κ2) is 9.65. The van der Waals surface area contributed by atoms with Crippen LogP contribution in [-0.4, -0.2) is 29.4 Å². The SMILES string of the molecule is COCCn1nc(CNC(=O)CCC2CCCCC2)c2ccccc2c1=O. The Balaban J connectivity index is 1.67. The van der Waals surface area contributed by atoms with E-state index >= 15 is 0 Å². The van der Waals surface area contributed by atoms with E-state index in [4.69, 9.17) is 4.74 Å². The Morgan fingerprint density at radius 3 is 2.70 bits per heavy atom. The Morgan fingerprint density at radius 2 is 1.96 bits per heavy atom. The molecule has 146 valence electrons. The normalized spacial score (nSPS) is 15.1. The van der Waals surface area contributed by atoms with Crippen molar-refractivity contribution in [1.29, 1.82) is 0 Å². The van der Waals surface area contributed by atoms with Gasteiger partial charge in [-0.25, -0.2) is 4.68 Å². The van der Waals surface area contributed by atoms with Gasteiger partial charge in [0.25, 0.3) is 5.56 Å². The van der Waals surface area contributed by atoms with Gasteiger partial charge in [0.1, 0.15) is 0 Å². The molecule has 3 rings (SSSR count). The zero-order valence-electron chi connectivity index (χ0n) is 16.1. The largest absolute Gasteiger partial charge is 0.383 e. The summed E-state index contributed by atoms with van der Waals surface area (Å²) in [4.78, 5) is 24.9. The van der Waals surface area contributed by atoms with Gasteiger partial charge < -0.3 is 10.1 Å². The van der Waals surface area contributed by atoms with Crippen molar-refractivity contribution in [1.82, 2.24) is 15.1 Å². The Morgan fingerprint density at radius 1 is 1.22 bits per heavy atom. The summed E-state index contributed by atoms with van der Waals surface area (Å²) in [5.74, 6) is 0.750. The Bertz CT molecular complexity index is 825. The minimum atomic E-state index is -0.130. The van der Waals surface area contributed by atoms with Crippen molar-refractivity contribution >= 4 is 16.7 Å². The predicted molar refractivity (Wildman–Crippen MR) is 106 cm³/mol. The van der Waals surface area contributed by atoms with Gasteiger partial charge in [0.2, 0.25) is 5.91 Å². The van der Waals surface area contributed by atoms with E-state index < -0.39 is 0 Å². The molecule has 1 aromatic heterocycles. The van der Waals surface area contributed by atoms with Crippen molar-refractivity contribution in [2.24, 2.45) is 5.92 Å². The highest BCUT2D eigenvalue weighted by atomic mass is 16.5. The van der Waals surface area contributed by atoms with Crippen LogP contribution in [0.4, 0.5) is 0 Å². The van der Waals surface area contributed by atoms with E-state index in [9.17, 15) is 9.59 Å². The molecule has 1 N–H and O–H groups in total. The van der Waals surface area contributed by atoms with Gasteiger partial charge in [0, 0.05) is 18.9 Å². The van der Waals surface area contributed by atoms with E-state index in [1.807, 2.05) is 18.2 Å². The lowest BCUT2D eigenvalue weighted by Gasteiger charge is -2.21. The van der Waals surface area contributed by atoms with E-state index in [2.05, 4.69) is 10.4 Å². The number of nitrogens with one attached hydrogen (secondary N) is 1. The molecule has 0 bridgehead atoms. The number of aromatic nitrogens is 2. The van der Waals surface area contributed by atoms with Crippen molar-refractivity contribution in [3.8, 4) is 0 Å². The molecule has 0 aliphatic heterocycles. The van der Waals surface area contributed by atoms with Crippen molar-refractivity contribution in [2.45, 2.75) is 58.0 Å². The second-order valence-corrected chi connectivity index (χ2v) is 7.33. The van der Waals surface area contributed by atoms with E-state index in [0.717, 1.165) is 11.8 Å². The van der Waals surface area contributed by atoms with Crippen LogP contribution in [0.3, 0.4) is 0 Å². The first-order valence-corrected chi connectivity index (χ1v) is 9.93. The van der Waals surface area contributed by atoms with Crippen molar-refractivity contribution in [2.75, 3.05) is 13.7 Å². The van der Waals surface area contributed by atoms with E-state index in [0.29, 0.717) is 43.1 Å². The van der Waals surface area contributed by atoms with Gasteiger partial charge in [0.15, 0.2) is 0 Å². The van der Waals surface area contributed by atoms with Crippen LogP contribution in [0.1, 0.15) is 50.6 Å². The first-order valence-electron chi connectivity index (χ1n) is 9.93. The molecule has 0 atom stereocenters. The minimum Gasteiger partial charge on any atom is -0.383 e. The van der Waals surface area contributed by atoms with Crippen LogP contribution in [-0.2, 0) is 22.6 Å². The number of carbonyl (C=O) groups excluding carboxylic acids is 1. The van der Waals surface area contributed by atoms with Gasteiger partial charge in [-0.1, -0.05) is 50.3 Å². The number of hydrogen-bond donors (Lipinski definition) is 1. The number of methoxy groups -OCH3 is 1. The van der Waals surface area contributed by atoms with Gasteiger partial charge in [-0.05, 0) is 18.4 Å². The van der Waals surface area contributed by atoms with Gasteiger partial charge in [0.05, 0.1) is 30.8 Å². The van der Waals surface area contributed by atoms with Gasteiger partial charge in [-0.3, -0.25) is 9.59 Å². The van der Waals surface area contributed by atoms with Crippen LogP contribution in [0.2, 0.25) is 0 Å². The first-order chi connectivity index (χ1) is 13.2. The van der Waals surface area contributed by atoms with E-state index in [1.165, 1.54) is 36.8 Å². The van der Waals surface area contributed by atoms with Crippen LogP contribution in [0.25, 0.3) is 10.8 Å². The lowest BCUT2D eigenvalue weighted by Crippen LogP contribution is -2.29. The van der Waals surface area contributed by atoms with E-state index in [1.54, 1.807) is 13.2 Å². The summed E-state index contributed by atoms with van der Waals surface area (Å²) >= 11 is 0. The average Bonchev–Trinajstić information content (AvgIpc) is 2.72. The first kappa shape index (κ1) is 19.5. The van der Waals surface area contributed by atoms with Crippen LogP contribution < -0.4 is 10.9 Å². The minimum absolute atomic E-state index is 0.0566. The molecule has 0 spiro atoms. The number of rotatable bonds is 8. The monoisotopic (exact) mass is 371 g/mol. The Labute approximate surface area is 159 Å². The third kappa shape index (κ3) is 5.16. The Kier molecular flexibility index (Phi) is 6.98. The summed E-state index contributed by atoms with van der Waals surface area (Å²) in [6, 6.07) is 7.42. The van der Waals surface area contributed by atoms with Crippen LogP contribution in [0.5, 0.6) is 0 Å². The van der Waals surface area contributed by atoms with Crippen LogP contribution in [0.15, 0.2) is 29.1 Å². The highest BCUT2D eigenvalue weighted by Crippen LogP contribution is 2.27. The summed E-state index contributed by atoms with van der Waals surface area (Å²) in [7, 11) is 1.60. The molecule has 0 radical (unpaired) electrons. The quantitative estimate of drug-likeness (QED) is 0.774. The smallest absolute Gasteiger partial charge is 0.274 e. The molecule has 6 nitrogen and oxygen atoms in total. The number of fused-ring (bicyclic) bond motifs is 1. The maximum absolute atomic E-state index is 12.6. The maximum atomic E-state index is 12.6.